The summed E-state index contributed by atoms with van der Waals surface area (Å²) >= 11 is 0. The molecule has 0 bridgehead atoms. The second-order valence-corrected chi connectivity index (χ2v) is 11.4. The van der Waals surface area contributed by atoms with E-state index in [1.54, 1.807) is 0 Å². The Hall–Kier alpha value is -5.66. The van der Waals surface area contributed by atoms with Crippen molar-refractivity contribution < 1.29 is 0 Å². The fourth-order valence-corrected chi connectivity index (χ4v) is 6.36. The minimum atomic E-state index is 0.929. The lowest BCUT2D eigenvalue weighted by Gasteiger charge is -2.10. The van der Waals surface area contributed by atoms with Crippen LogP contribution < -0.4 is 0 Å². The number of aromatic nitrogens is 1. The van der Waals surface area contributed by atoms with Gasteiger partial charge in [-0.3, -0.25) is 0 Å². The molecule has 0 N–H and O–H groups in total. The highest BCUT2D eigenvalue weighted by molar-refractivity contribution is 6.09. The monoisotopic (exact) mass is 561 g/mol. The Labute approximate surface area is 258 Å². The number of benzene rings is 7. The van der Waals surface area contributed by atoms with Crippen LogP contribution >= 0.6 is 0 Å². The quantitative estimate of drug-likeness (QED) is 0.190. The van der Waals surface area contributed by atoms with Crippen LogP contribution in [0.4, 0.5) is 0 Å². The van der Waals surface area contributed by atoms with Crippen LogP contribution in [0.15, 0.2) is 176 Å². The summed E-state index contributed by atoms with van der Waals surface area (Å²) in [7, 11) is 0. The van der Waals surface area contributed by atoms with Crippen molar-refractivity contribution in [1.82, 2.24) is 4.57 Å². The van der Waals surface area contributed by atoms with Gasteiger partial charge in [-0.25, -0.2) is 0 Å². The average Bonchev–Trinajstić information content (AvgIpc) is 3.44. The second-order valence-electron chi connectivity index (χ2n) is 11.4. The lowest BCUT2D eigenvalue weighted by atomic mass is 9.97. The molecule has 1 heteroatoms. The van der Waals surface area contributed by atoms with Gasteiger partial charge in [-0.05, 0) is 75.2 Å². The molecule has 1 nitrogen and oxygen atoms in total. The molecule has 8 rings (SSSR count). The van der Waals surface area contributed by atoms with Crippen LogP contribution in [-0.4, -0.2) is 4.57 Å². The molecule has 0 unspecified atom stereocenters. The van der Waals surface area contributed by atoms with Gasteiger partial charge in [0.05, 0.1) is 11.0 Å². The standard InChI is InChI=1S/C43H31N/c1-2-8-33(9-3-1)34-18-14-31(15-19-34)30-32-16-20-35(21-17-32)36-22-24-37(25-23-36)38-26-28-39(29-27-38)44-42-12-6-4-10-40(42)41-11-5-7-13-43(41)44/h1-29H,30H2. The molecule has 0 spiro atoms. The minimum Gasteiger partial charge on any atom is -0.309 e. The summed E-state index contributed by atoms with van der Waals surface area (Å²) in [5.41, 5.74) is 13.7. The first-order valence-electron chi connectivity index (χ1n) is 15.2. The van der Waals surface area contributed by atoms with E-state index < -0.39 is 0 Å². The molecule has 8 aromatic rings. The Bertz CT molecular complexity index is 2130. The average molecular weight is 562 g/mol. The molecule has 7 aromatic carbocycles. The molecule has 0 aliphatic heterocycles. The van der Waals surface area contributed by atoms with Crippen molar-refractivity contribution in [2.45, 2.75) is 6.42 Å². The summed E-state index contributed by atoms with van der Waals surface area (Å²) in [5.74, 6) is 0. The van der Waals surface area contributed by atoms with Gasteiger partial charge in [0.2, 0.25) is 0 Å². The predicted octanol–water partition coefficient (Wildman–Crippen LogP) is 11.4. The van der Waals surface area contributed by atoms with E-state index >= 15 is 0 Å². The molecule has 1 aromatic heterocycles. The highest BCUT2D eigenvalue weighted by Gasteiger charge is 2.11. The molecule has 1 heterocycles. The van der Waals surface area contributed by atoms with Crippen LogP contribution in [0.25, 0.3) is 60.9 Å². The fourth-order valence-electron chi connectivity index (χ4n) is 6.36. The minimum absolute atomic E-state index is 0.929. The molecule has 0 aliphatic rings. The molecular formula is C43H31N. The summed E-state index contributed by atoms with van der Waals surface area (Å²) in [6.07, 6.45) is 0.929. The molecule has 0 amide bonds. The summed E-state index contributed by atoms with van der Waals surface area (Å²) in [6, 6.07) is 63.6. The van der Waals surface area contributed by atoms with E-state index in [2.05, 4.69) is 180 Å². The van der Waals surface area contributed by atoms with Gasteiger partial charge in [-0.1, -0.05) is 152 Å². The van der Waals surface area contributed by atoms with E-state index in [4.69, 9.17) is 0 Å². The van der Waals surface area contributed by atoms with E-state index in [9.17, 15) is 0 Å². The molecule has 44 heavy (non-hydrogen) atoms. The van der Waals surface area contributed by atoms with Crippen LogP contribution in [0.3, 0.4) is 0 Å². The molecule has 0 saturated carbocycles. The molecule has 208 valence electrons. The highest BCUT2D eigenvalue weighted by Crippen LogP contribution is 2.33. The van der Waals surface area contributed by atoms with Crippen LogP contribution in [0.2, 0.25) is 0 Å². The zero-order valence-corrected chi connectivity index (χ0v) is 24.4. The zero-order valence-electron chi connectivity index (χ0n) is 24.4. The van der Waals surface area contributed by atoms with E-state index in [-0.39, 0.29) is 0 Å². The van der Waals surface area contributed by atoms with Crippen LogP contribution in [0.5, 0.6) is 0 Å². The Balaban J connectivity index is 0.983. The van der Waals surface area contributed by atoms with Crippen LogP contribution in [-0.2, 0) is 6.42 Å². The first-order valence-corrected chi connectivity index (χ1v) is 15.2. The maximum absolute atomic E-state index is 2.36. The Morgan fingerprint density at radius 2 is 0.636 bits per heavy atom. The Morgan fingerprint density at radius 3 is 1.09 bits per heavy atom. The van der Waals surface area contributed by atoms with Gasteiger partial charge in [0.1, 0.15) is 0 Å². The van der Waals surface area contributed by atoms with Crippen molar-refractivity contribution in [2.24, 2.45) is 0 Å². The van der Waals surface area contributed by atoms with Gasteiger partial charge in [-0.2, -0.15) is 0 Å². The maximum atomic E-state index is 2.36. The molecule has 0 aliphatic carbocycles. The lowest BCUT2D eigenvalue weighted by molar-refractivity contribution is 1.18. The van der Waals surface area contributed by atoms with Crippen molar-refractivity contribution in [3.8, 4) is 39.1 Å². The number of hydrogen-bond acceptors (Lipinski definition) is 0. The smallest absolute Gasteiger partial charge is 0.0541 e. The van der Waals surface area contributed by atoms with Crippen molar-refractivity contribution in [2.75, 3.05) is 0 Å². The fraction of sp³-hybridized carbons (Fsp3) is 0.0233. The van der Waals surface area contributed by atoms with Gasteiger partial charge in [0.25, 0.3) is 0 Å². The van der Waals surface area contributed by atoms with E-state index in [1.807, 2.05) is 0 Å². The van der Waals surface area contributed by atoms with Gasteiger partial charge >= 0.3 is 0 Å². The van der Waals surface area contributed by atoms with Gasteiger partial charge in [0, 0.05) is 16.5 Å². The van der Waals surface area contributed by atoms with Crippen molar-refractivity contribution in [3.63, 3.8) is 0 Å². The van der Waals surface area contributed by atoms with Crippen LogP contribution in [0.1, 0.15) is 11.1 Å². The highest BCUT2D eigenvalue weighted by atomic mass is 15.0. The van der Waals surface area contributed by atoms with E-state index in [0.29, 0.717) is 0 Å². The third-order valence-corrected chi connectivity index (χ3v) is 8.68. The topological polar surface area (TPSA) is 4.93 Å². The van der Waals surface area contributed by atoms with Gasteiger partial charge in [-0.15, -0.1) is 0 Å². The number of para-hydroxylation sites is 2. The zero-order chi connectivity index (χ0) is 29.3. The van der Waals surface area contributed by atoms with Gasteiger partial charge in [0.15, 0.2) is 0 Å². The first kappa shape index (κ1) is 26.0. The van der Waals surface area contributed by atoms with Crippen molar-refractivity contribution >= 4 is 21.8 Å². The summed E-state index contributed by atoms with van der Waals surface area (Å²) < 4.78 is 2.36. The third kappa shape index (κ3) is 4.89. The predicted molar refractivity (Wildman–Crippen MR) is 186 cm³/mol. The normalized spacial score (nSPS) is 11.3. The Kier molecular flexibility index (Phi) is 6.62. The second kappa shape index (κ2) is 11.2. The van der Waals surface area contributed by atoms with E-state index in [1.165, 1.54) is 72.0 Å². The number of nitrogens with zero attached hydrogens (tertiary/aromatic N) is 1. The van der Waals surface area contributed by atoms with Gasteiger partial charge < -0.3 is 4.57 Å². The number of rotatable bonds is 6. The summed E-state index contributed by atoms with van der Waals surface area (Å²) in [6.45, 7) is 0. The number of fused-ring (bicyclic) bond motifs is 3. The van der Waals surface area contributed by atoms with Crippen molar-refractivity contribution in [3.05, 3.63) is 187 Å². The first-order chi connectivity index (χ1) is 21.8. The molecule has 0 fully saturated rings. The van der Waals surface area contributed by atoms with Crippen molar-refractivity contribution in [1.29, 1.82) is 0 Å². The lowest BCUT2D eigenvalue weighted by Crippen LogP contribution is -1.93. The third-order valence-electron chi connectivity index (χ3n) is 8.68. The number of hydrogen-bond donors (Lipinski definition) is 0. The summed E-state index contributed by atoms with van der Waals surface area (Å²) in [4.78, 5) is 0. The SMILES string of the molecule is c1ccc(-c2ccc(Cc3ccc(-c4ccc(-c5ccc(-n6c7ccccc7c7ccccc76)cc5)cc4)cc3)cc2)cc1. The molecule has 0 saturated heterocycles. The molecule has 0 radical (unpaired) electrons. The van der Waals surface area contributed by atoms with E-state index in [0.717, 1.165) is 6.42 Å². The molecule has 0 atom stereocenters. The molecular weight excluding hydrogens is 530 g/mol. The van der Waals surface area contributed by atoms with Crippen LogP contribution in [0, 0.1) is 0 Å². The summed E-state index contributed by atoms with van der Waals surface area (Å²) in [5, 5.41) is 2.57. The largest absolute Gasteiger partial charge is 0.309 e. The Morgan fingerprint density at radius 1 is 0.295 bits per heavy atom. The maximum Gasteiger partial charge on any atom is 0.0541 e.